The number of rotatable bonds is 8. The highest BCUT2D eigenvalue weighted by Gasteiger charge is 2.17. The molecule has 108 valence electrons. The van der Waals surface area contributed by atoms with Crippen molar-refractivity contribution in [3.8, 4) is 0 Å². The molecule has 1 aromatic rings. The summed E-state index contributed by atoms with van der Waals surface area (Å²) >= 11 is 5.59. The molecule has 1 nitrogen and oxygen atoms in total. The first-order valence-electron chi connectivity index (χ1n) is 6.98. The van der Waals surface area contributed by atoms with Gasteiger partial charge in [-0.2, -0.15) is 0 Å². The minimum absolute atomic E-state index is 0.140. The normalized spacial score (nSPS) is 12.7. The molecule has 0 heterocycles. The summed E-state index contributed by atoms with van der Waals surface area (Å²) in [6, 6.07) is 2.14. The largest absolute Gasteiger partial charge is 0.310 e. The Morgan fingerprint density at radius 3 is 2.47 bits per heavy atom. The summed E-state index contributed by atoms with van der Waals surface area (Å²) in [5.41, 5.74) is 0.381. The molecule has 0 saturated heterocycles. The number of halogens is 3. The van der Waals surface area contributed by atoms with Crippen LogP contribution < -0.4 is 5.32 Å². The van der Waals surface area contributed by atoms with E-state index in [-0.39, 0.29) is 11.1 Å². The molecule has 0 fully saturated rings. The van der Waals surface area contributed by atoms with Gasteiger partial charge in [-0.1, -0.05) is 44.7 Å². The van der Waals surface area contributed by atoms with E-state index in [4.69, 9.17) is 11.6 Å². The number of benzene rings is 1. The second kappa shape index (κ2) is 8.49. The highest BCUT2D eigenvalue weighted by Crippen LogP contribution is 2.27. The van der Waals surface area contributed by atoms with Gasteiger partial charge in [0, 0.05) is 11.6 Å². The first-order valence-corrected chi connectivity index (χ1v) is 7.35. The van der Waals surface area contributed by atoms with Crippen LogP contribution in [0.4, 0.5) is 8.78 Å². The molecule has 0 saturated carbocycles. The van der Waals surface area contributed by atoms with Gasteiger partial charge in [0.05, 0.1) is 5.02 Å². The van der Waals surface area contributed by atoms with Gasteiger partial charge in [0.1, 0.15) is 11.6 Å². The SMILES string of the molecule is CCCCCC(NCCC)c1cc(F)c(Cl)cc1F. The van der Waals surface area contributed by atoms with Crippen LogP contribution in [-0.4, -0.2) is 6.54 Å². The van der Waals surface area contributed by atoms with E-state index < -0.39 is 11.6 Å². The van der Waals surface area contributed by atoms with E-state index in [1.54, 1.807) is 0 Å². The molecule has 19 heavy (non-hydrogen) atoms. The molecule has 0 bridgehead atoms. The zero-order valence-corrected chi connectivity index (χ0v) is 12.4. The third-order valence-corrected chi connectivity index (χ3v) is 3.44. The molecule has 0 radical (unpaired) electrons. The lowest BCUT2D eigenvalue weighted by molar-refractivity contribution is 0.451. The van der Waals surface area contributed by atoms with Crippen LogP contribution in [0.5, 0.6) is 0 Å². The molecule has 0 aromatic heterocycles. The van der Waals surface area contributed by atoms with Gasteiger partial charge in [0.2, 0.25) is 0 Å². The molecule has 1 N–H and O–H groups in total. The van der Waals surface area contributed by atoms with Gasteiger partial charge < -0.3 is 5.32 Å². The van der Waals surface area contributed by atoms with Crippen LogP contribution in [0, 0.1) is 11.6 Å². The number of hydrogen-bond acceptors (Lipinski definition) is 1. The van der Waals surface area contributed by atoms with Gasteiger partial charge >= 0.3 is 0 Å². The fraction of sp³-hybridized carbons (Fsp3) is 0.600. The molecule has 1 aromatic carbocycles. The minimum atomic E-state index is -0.558. The molecule has 1 unspecified atom stereocenters. The maximum absolute atomic E-state index is 13.9. The monoisotopic (exact) mass is 289 g/mol. The Balaban J connectivity index is 2.85. The van der Waals surface area contributed by atoms with Crippen LogP contribution in [0.3, 0.4) is 0 Å². The smallest absolute Gasteiger partial charge is 0.142 e. The van der Waals surface area contributed by atoms with E-state index in [0.29, 0.717) is 5.56 Å². The molecule has 0 aliphatic rings. The third kappa shape index (κ3) is 5.07. The molecule has 0 spiro atoms. The summed E-state index contributed by atoms with van der Waals surface area (Å²) < 4.78 is 27.4. The average Bonchev–Trinajstić information content (AvgIpc) is 2.38. The van der Waals surface area contributed by atoms with Crippen molar-refractivity contribution in [2.75, 3.05) is 6.54 Å². The van der Waals surface area contributed by atoms with Gasteiger partial charge in [-0.25, -0.2) is 8.78 Å². The lowest BCUT2D eigenvalue weighted by Crippen LogP contribution is -2.23. The Kier molecular flexibility index (Phi) is 7.32. The Bertz CT molecular complexity index is 396. The highest BCUT2D eigenvalue weighted by molar-refractivity contribution is 6.30. The summed E-state index contributed by atoms with van der Waals surface area (Å²) in [5.74, 6) is -0.992. The predicted octanol–water partition coefficient (Wildman–Crippen LogP) is 5.24. The number of nitrogens with one attached hydrogen (secondary N) is 1. The second-order valence-electron chi connectivity index (χ2n) is 4.79. The van der Waals surface area contributed by atoms with Crippen LogP contribution in [0.2, 0.25) is 5.02 Å². The molecular formula is C15H22ClF2N. The van der Waals surface area contributed by atoms with Crippen molar-refractivity contribution in [3.63, 3.8) is 0 Å². The van der Waals surface area contributed by atoms with Crippen molar-refractivity contribution in [3.05, 3.63) is 34.4 Å². The van der Waals surface area contributed by atoms with Gasteiger partial charge in [-0.15, -0.1) is 0 Å². The first-order chi connectivity index (χ1) is 9.10. The molecule has 1 atom stereocenters. The second-order valence-corrected chi connectivity index (χ2v) is 5.20. The van der Waals surface area contributed by atoms with Gasteiger partial charge in [-0.05, 0) is 31.5 Å². The van der Waals surface area contributed by atoms with E-state index in [0.717, 1.165) is 44.7 Å². The lowest BCUT2D eigenvalue weighted by atomic mass is 9.99. The zero-order valence-electron chi connectivity index (χ0n) is 11.6. The Labute approximate surface area is 119 Å². The van der Waals surface area contributed by atoms with Crippen LogP contribution in [-0.2, 0) is 0 Å². The summed E-state index contributed by atoms with van der Waals surface area (Å²) in [6.07, 6.45) is 4.98. The predicted molar refractivity (Wildman–Crippen MR) is 76.5 cm³/mol. The van der Waals surface area contributed by atoms with Crippen LogP contribution in [0.15, 0.2) is 12.1 Å². The quantitative estimate of drug-likeness (QED) is 0.510. The van der Waals surface area contributed by atoms with Crippen molar-refractivity contribution in [2.45, 2.75) is 52.0 Å². The van der Waals surface area contributed by atoms with Crippen molar-refractivity contribution in [2.24, 2.45) is 0 Å². The molecule has 0 aliphatic carbocycles. The van der Waals surface area contributed by atoms with Crippen LogP contribution in [0.1, 0.15) is 57.6 Å². The zero-order chi connectivity index (χ0) is 14.3. The van der Waals surface area contributed by atoms with E-state index in [1.807, 2.05) is 0 Å². The average molecular weight is 290 g/mol. The molecular weight excluding hydrogens is 268 g/mol. The minimum Gasteiger partial charge on any atom is -0.310 e. The van der Waals surface area contributed by atoms with Crippen molar-refractivity contribution in [1.82, 2.24) is 5.32 Å². The topological polar surface area (TPSA) is 12.0 Å². The summed E-state index contributed by atoms with van der Waals surface area (Å²) in [5, 5.41) is 3.12. The first kappa shape index (κ1) is 16.4. The van der Waals surface area contributed by atoms with E-state index in [2.05, 4.69) is 19.2 Å². The van der Waals surface area contributed by atoms with Crippen molar-refractivity contribution >= 4 is 11.6 Å². The lowest BCUT2D eigenvalue weighted by Gasteiger charge is -2.20. The highest BCUT2D eigenvalue weighted by atomic mass is 35.5. The molecule has 1 rings (SSSR count). The van der Waals surface area contributed by atoms with Gasteiger partial charge in [0.25, 0.3) is 0 Å². The van der Waals surface area contributed by atoms with Crippen LogP contribution in [0.25, 0.3) is 0 Å². The number of hydrogen-bond donors (Lipinski definition) is 1. The summed E-state index contributed by atoms with van der Waals surface area (Å²) in [4.78, 5) is 0. The molecule has 0 amide bonds. The van der Waals surface area contributed by atoms with E-state index in [9.17, 15) is 8.78 Å². The Hall–Kier alpha value is -0.670. The molecule has 0 aliphatic heterocycles. The standard InChI is InChI=1S/C15H22ClF2N/c1-3-5-6-7-15(19-8-4-2)11-9-14(18)12(16)10-13(11)17/h9-10,15,19H,3-8H2,1-2H3. The van der Waals surface area contributed by atoms with E-state index in [1.165, 1.54) is 6.07 Å². The fourth-order valence-electron chi connectivity index (χ4n) is 2.09. The maximum Gasteiger partial charge on any atom is 0.142 e. The maximum atomic E-state index is 13.9. The number of unbranched alkanes of at least 4 members (excludes halogenated alkanes) is 2. The Morgan fingerprint density at radius 1 is 1.11 bits per heavy atom. The Morgan fingerprint density at radius 2 is 1.84 bits per heavy atom. The van der Waals surface area contributed by atoms with Crippen molar-refractivity contribution in [1.29, 1.82) is 0 Å². The summed E-state index contributed by atoms with van der Waals surface area (Å²) in [7, 11) is 0. The third-order valence-electron chi connectivity index (χ3n) is 3.15. The summed E-state index contributed by atoms with van der Waals surface area (Å²) in [6.45, 7) is 4.96. The van der Waals surface area contributed by atoms with Gasteiger partial charge in [-0.3, -0.25) is 0 Å². The van der Waals surface area contributed by atoms with Gasteiger partial charge in [0.15, 0.2) is 0 Å². The van der Waals surface area contributed by atoms with E-state index >= 15 is 0 Å². The molecule has 4 heteroatoms. The fourth-order valence-corrected chi connectivity index (χ4v) is 2.24. The van der Waals surface area contributed by atoms with Crippen molar-refractivity contribution < 1.29 is 8.78 Å². The van der Waals surface area contributed by atoms with Crippen LogP contribution >= 0.6 is 11.6 Å².